The fraction of sp³-hybridized carbons (Fsp3) is 0.875. The lowest BCUT2D eigenvalue weighted by Crippen LogP contribution is -2.45. The second-order valence-electron chi connectivity index (χ2n) is 4.25. The van der Waals surface area contributed by atoms with Crippen LogP contribution >= 0.6 is 0 Å². The molecule has 0 aliphatic rings. The van der Waals surface area contributed by atoms with Gasteiger partial charge in [-0.05, 0) is 0 Å². The summed E-state index contributed by atoms with van der Waals surface area (Å²) in [5.41, 5.74) is 0. The van der Waals surface area contributed by atoms with Crippen molar-refractivity contribution in [3.8, 4) is 0 Å². The molecule has 0 radical (unpaired) electrons. The van der Waals surface area contributed by atoms with Gasteiger partial charge in [-0.3, -0.25) is 9.63 Å². The number of hydrogen-bond donors (Lipinski definition) is 1. The number of carbonyl (C=O) groups is 1. The van der Waals surface area contributed by atoms with Crippen molar-refractivity contribution in [3.63, 3.8) is 0 Å². The van der Waals surface area contributed by atoms with Crippen LogP contribution in [0.3, 0.4) is 0 Å². The van der Waals surface area contributed by atoms with Crippen molar-refractivity contribution >= 4 is 5.91 Å². The number of hydrogen-bond acceptors (Lipinski definition) is 4. The fourth-order valence-electron chi connectivity index (χ4n) is 1.08. The third-order valence-corrected chi connectivity index (χ3v) is 2.00. The first-order valence-electron chi connectivity index (χ1n) is 4.99. The van der Waals surface area contributed by atoms with Gasteiger partial charge in [-0.25, -0.2) is 0 Å². The van der Waals surface area contributed by atoms with Crippen molar-refractivity contribution in [1.29, 1.82) is 0 Å². The third-order valence-electron chi connectivity index (χ3n) is 2.00. The highest BCUT2D eigenvalue weighted by Gasteiger charge is 2.38. The molecule has 0 bridgehead atoms. The molecule has 18 heavy (non-hydrogen) atoms. The summed E-state index contributed by atoms with van der Waals surface area (Å²) in [6.45, 7) is -0.0370. The molecule has 0 rings (SSSR count). The lowest BCUT2D eigenvalue weighted by Gasteiger charge is -2.28. The van der Waals surface area contributed by atoms with Crippen molar-refractivity contribution in [2.45, 2.75) is 12.6 Å². The summed E-state index contributed by atoms with van der Waals surface area (Å²) in [4.78, 5) is 24.6. The molecule has 0 aromatic heterocycles. The zero-order chi connectivity index (χ0) is 14.4. The number of rotatable bonds is 7. The van der Waals surface area contributed by atoms with Crippen LogP contribution in [0.5, 0.6) is 0 Å². The van der Waals surface area contributed by atoms with Gasteiger partial charge in [0.15, 0.2) is 0 Å². The fourth-order valence-corrected chi connectivity index (χ4v) is 1.08. The summed E-state index contributed by atoms with van der Waals surface area (Å²) in [6, 6.07) is 0. The van der Waals surface area contributed by atoms with Gasteiger partial charge >= 0.3 is 12.1 Å². The maximum atomic E-state index is 11.8. The summed E-state index contributed by atoms with van der Waals surface area (Å²) in [5, 5.41) is 10.7. The molecular formula is C8H15F3N3O4+. The van der Waals surface area contributed by atoms with Crippen LogP contribution in [-0.2, 0) is 9.63 Å². The molecule has 1 amide bonds. The van der Waals surface area contributed by atoms with E-state index in [2.05, 4.69) is 4.84 Å². The van der Waals surface area contributed by atoms with Gasteiger partial charge in [-0.15, -0.1) is 10.1 Å². The zero-order valence-electron chi connectivity index (χ0n) is 9.99. The normalized spacial score (nSPS) is 12.1. The summed E-state index contributed by atoms with van der Waals surface area (Å²) in [6.07, 6.45) is -4.64. The van der Waals surface area contributed by atoms with Crippen molar-refractivity contribution in [2.24, 2.45) is 0 Å². The Morgan fingerprint density at radius 3 is 2.44 bits per heavy atom. The molecule has 0 saturated carbocycles. The maximum absolute atomic E-state index is 11.8. The number of carbonyl (C=O) groups excluding carboxylic acids is 1. The SMILES string of the molecule is C[N+](C)(CCCNC(=O)C(F)(F)F)CO[N+](=O)[O-]. The first-order chi connectivity index (χ1) is 8.04. The van der Waals surface area contributed by atoms with Crippen LogP contribution in [-0.4, -0.2) is 55.6 Å². The van der Waals surface area contributed by atoms with Gasteiger partial charge < -0.3 is 9.80 Å². The third kappa shape index (κ3) is 7.65. The molecule has 0 aromatic rings. The maximum Gasteiger partial charge on any atom is 0.471 e. The average Bonchev–Trinajstić information content (AvgIpc) is 2.20. The van der Waals surface area contributed by atoms with E-state index in [4.69, 9.17) is 0 Å². The topological polar surface area (TPSA) is 81.5 Å². The number of nitrogens with one attached hydrogen (secondary N) is 1. The first-order valence-corrected chi connectivity index (χ1v) is 4.99. The van der Waals surface area contributed by atoms with Gasteiger partial charge in [0.1, 0.15) is 0 Å². The molecule has 1 N–H and O–H groups in total. The minimum absolute atomic E-state index is 0.100. The summed E-state index contributed by atoms with van der Waals surface area (Å²) in [7, 11) is 3.24. The Bertz CT molecular complexity index is 306. The van der Waals surface area contributed by atoms with Gasteiger partial charge in [0.05, 0.1) is 20.6 Å². The predicted molar refractivity (Wildman–Crippen MR) is 53.6 cm³/mol. The standard InChI is InChI=1S/C8H14F3N3O4/c1-14(2,6-18-13(16)17)5-3-4-12-7(15)8(9,10)11/h3-6H2,1-2H3/p+1. The van der Waals surface area contributed by atoms with Crippen LogP contribution in [0.2, 0.25) is 0 Å². The van der Waals surface area contributed by atoms with E-state index < -0.39 is 17.2 Å². The minimum Gasteiger partial charge on any atom is -0.348 e. The first kappa shape index (κ1) is 16.4. The molecule has 0 aliphatic carbocycles. The number of alkyl halides is 3. The van der Waals surface area contributed by atoms with Gasteiger partial charge in [-0.1, -0.05) is 0 Å². The smallest absolute Gasteiger partial charge is 0.348 e. The second-order valence-corrected chi connectivity index (χ2v) is 4.25. The molecule has 7 nitrogen and oxygen atoms in total. The highest BCUT2D eigenvalue weighted by Crippen LogP contribution is 2.13. The quantitative estimate of drug-likeness (QED) is 0.238. The number of nitrogens with zero attached hydrogens (tertiary/aromatic N) is 2. The van der Waals surface area contributed by atoms with Crippen molar-refractivity contribution in [3.05, 3.63) is 10.1 Å². The predicted octanol–water partition coefficient (Wildman–Crippen LogP) is 0.297. The largest absolute Gasteiger partial charge is 0.471 e. The van der Waals surface area contributed by atoms with E-state index in [0.29, 0.717) is 6.54 Å². The number of halogens is 3. The van der Waals surface area contributed by atoms with E-state index in [-0.39, 0.29) is 24.2 Å². The Morgan fingerprint density at radius 2 is 2.00 bits per heavy atom. The van der Waals surface area contributed by atoms with E-state index in [1.807, 2.05) is 0 Å². The van der Waals surface area contributed by atoms with Gasteiger partial charge in [0.25, 0.3) is 5.09 Å². The van der Waals surface area contributed by atoms with Gasteiger partial charge in [-0.2, -0.15) is 13.2 Å². The van der Waals surface area contributed by atoms with Crippen molar-refractivity contribution in [1.82, 2.24) is 5.32 Å². The van der Waals surface area contributed by atoms with Crippen LogP contribution in [0, 0.1) is 10.1 Å². The highest BCUT2D eigenvalue weighted by atomic mass is 19.4. The molecule has 0 aromatic carbocycles. The van der Waals surface area contributed by atoms with Gasteiger partial charge in [0, 0.05) is 13.0 Å². The minimum atomic E-state index is -4.89. The molecule has 10 heteroatoms. The molecule has 0 atom stereocenters. The molecule has 0 unspecified atom stereocenters. The Labute approximate surface area is 101 Å². The Balaban J connectivity index is 3.83. The van der Waals surface area contributed by atoms with E-state index in [1.54, 1.807) is 19.4 Å². The van der Waals surface area contributed by atoms with Crippen LogP contribution in [0.4, 0.5) is 13.2 Å². The molecule has 0 fully saturated rings. The van der Waals surface area contributed by atoms with Crippen molar-refractivity contribution in [2.75, 3.05) is 33.9 Å². The summed E-state index contributed by atoms with van der Waals surface area (Å²) < 4.78 is 35.5. The van der Waals surface area contributed by atoms with E-state index in [1.165, 1.54) is 0 Å². The summed E-state index contributed by atoms with van der Waals surface area (Å²) in [5.74, 6) is -1.99. The van der Waals surface area contributed by atoms with Gasteiger partial charge in [0.2, 0.25) is 6.73 Å². The molecule has 0 aliphatic heterocycles. The monoisotopic (exact) mass is 274 g/mol. The average molecular weight is 274 g/mol. The Morgan fingerprint density at radius 1 is 1.44 bits per heavy atom. The van der Waals surface area contributed by atoms with Crippen molar-refractivity contribution < 1.29 is 32.4 Å². The highest BCUT2D eigenvalue weighted by molar-refractivity contribution is 5.81. The van der Waals surface area contributed by atoms with Crippen LogP contribution in [0.1, 0.15) is 6.42 Å². The Hall–Kier alpha value is -1.58. The van der Waals surface area contributed by atoms with Crippen LogP contribution < -0.4 is 5.32 Å². The molecule has 0 saturated heterocycles. The van der Waals surface area contributed by atoms with Crippen LogP contribution in [0.15, 0.2) is 0 Å². The molecule has 0 spiro atoms. The van der Waals surface area contributed by atoms with E-state index in [9.17, 15) is 28.1 Å². The lowest BCUT2D eigenvalue weighted by molar-refractivity contribution is -0.957. The van der Waals surface area contributed by atoms with Crippen LogP contribution in [0.25, 0.3) is 0 Å². The van der Waals surface area contributed by atoms with E-state index in [0.717, 1.165) is 0 Å². The lowest BCUT2D eigenvalue weighted by atomic mass is 10.3. The number of quaternary nitrogens is 1. The number of amides is 1. The second kappa shape index (κ2) is 6.38. The molecular weight excluding hydrogens is 259 g/mol. The summed E-state index contributed by atoms with van der Waals surface area (Å²) >= 11 is 0. The zero-order valence-corrected chi connectivity index (χ0v) is 9.99. The molecule has 106 valence electrons. The molecule has 0 heterocycles. The Kier molecular flexibility index (Phi) is 5.82. The van der Waals surface area contributed by atoms with E-state index >= 15 is 0 Å².